The van der Waals surface area contributed by atoms with Crippen LogP contribution in [0.4, 0.5) is 5.69 Å². The first-order chi connectivity index (χ1) is 10.2. The molecule has 4 nitrogen and oxygen atoms in total. The highest BCUT2D eigenvalue weighted by Crippen LogP contribution is 2.34. The lowest BCUT2D eigenvalue weighted by molar-refractivity contribution is 0.0977. The topological polar surface area (TPSA) is 42.4 Å². The van der Waals surface area contributed by atoms with E-state index in [1.165, 1.54) is 5.56 Å². The smallest absolute Gasteiger partial charge is 0.264 e. The maximum atomic E-state index is 12.9. The molecule has 0 bridgehead atoms. The van der Waals surface area contributed by atoms with Crippen molar-refractivity contribution in [3.05, 3.63) is 53.7 Å². The minimum atomic E-state index is -0.0519. The van der Waals surface area contributed by atoms with Crippen LogP contribution in [-0.4, -0.2) is 23.5 Å². The first-order valence-corrected chi connectivity index (χ1v) is 7.21. The van der Waals surface area contributed by atoms with Crippen molar-refractivity contribution in [1.29, 1.82) is 0 Å². The van der Waals surface area contributed by atoms with Crippen LogP contribution in [-0.2, 0) is 6.42 Å². The number of aromatic nitrogens is 1. The Morgan fingerprint density at radius 2 is 2.14 bits per heavy atom. The molecule has 2 aromatic rings. The van der Waals surface area contributed by atoms with Crippen molar-refractivity contribution < 1.29 is 9.53 Å². The van der Waals surface area contributed by atoms with Crippen LogP contribution in [0, 0.1) is 0 Å². The number of pyridine rings is 1. The van der Waals surface area contributed by atoms with Crippen LogP contribution < -0.4 is 9.64 Å². The molecule has 1 atom stereocenters. The highest BCUT2D eigenvalue weighted by molar-refractivity contribution is 6.09. The lowest BCUT2D eigenvalue weighted by Gasteiger charge is -2.23. The Kier molecular flexibility index (Phi) is 3.60. The number of nitrogens with zero attached hydrogens (tertiary/aromatic N) is 2. The molecule has 4 heteroatoms. The number of rotatable bonds is 3. The average Bonchev–Trinajstić information content (AvgIpc) is 2.83. The molecule has 21 heavy (non-hydrogen) atoms. The average molecular weight is 282 g/mol. The summed E-state index contributed by atoms with van der Waals surface area (Å²) in [6.07, 6.45) is 2.52. The zero-order valence-electron chi connectivity index (χ0n) is 12.2. The predicted molar refractivity (Wildman–Crippen MR) is 81.8 cm³/mol. The van der Waals surface area contributed by atoms with Gasteiger partial charge in [0.1, 0.15) is 5.56 Å². The van der Waals surface area contributed by atoms with Gasteiger partial charge in [-0.1, -0.05) is 18.2 Å². The predicted octanol–water partition coefficient (Wildman–Crippen LogP) is 3.07. The normalized spacial score (nSPS) is 16.7. The summed E-state index contributed by atoms with van der Waals surface area (Å²) in [5, 5.41) is 0. The number of para-hydroxylation sites is 1. The fourth-order valence-electron chi connectivity index (χ4n) is 2.81. The monoisotopic (exact) mass is 282 g/mol. The molecule has 0 aliphatic carbocycles. The van der Waals surface area contributed by atoms with Crippen LogP contribution in [0.2, 0.25) is 0 Å². The van der Waals surface area contributed by atoms with Gasteiger partial charge in [-0.15, -0.1) is 0 Å². The number of ether oxygens (including phenoxy) is 1. The number of benzene rings is 1. The second kappa shape index (κ2) is 5.56. The summed E-state index contributed by atoms with van der Waals surface area (Å²) in [6.45, 7) is 4.44. The number of carbonyl (C=O) groups excluding carboxylic acids is 1. The van der Waals surface area contributed by atoms with Gasteiger partial charge in [-0.05, 0) is 44.0 Å². The second-order valence-corrected chi connectivity index (χ2v) is 5.15. The molecule has 0 saturated carbocycles. The maximum Gasteiger partial charge on any atom is 0.264 e. The van der Waals surface area contributed by atoms with Crippen molar-refractivity contribution in [1.82, 2.24) is 4.98 Å². The number of anilines is 1. The lowest BCUT2D eigenvalue weighted by Crippen LogP contribution is -2.36. The molecule has 1 aliphatic rings. The lowest BCUT2D eigenvalue weighted by atomic mass is 10.1. The number of carbonyl (C=O) groups is 1. The molecule has 0 fully saturated rings. The third-order valence-electron chi connectivity index (χ3n) is 3.71. The van der Waals surface area contributed by atoms with Gasteiger partial charge in [0.15, 0.2) is 0 Å². The van der Waals surface area contributed by atoms with Crippen LogP contribution in [0.5, 0.6) is 5.88 Å². The first kappa shape index (κ1) is 13.6. The quantitative estimate of drug-likeness (QED) is 0.869. The van der Waals surface area contributed by atoms with Gasteiger partial charge in [-0.25, -0.2) is 4.98 Å². The van der Waals surface area contributed by atoms with E-state index in [0.29, 0.717) is 18.1 Å². The summed E-state index contributed by atoms with van der Waals surface area (Å²) in [4.78, 5) is 18.9. The van der Waals surface area contributed by atoms with Gasteiger partial charge >= 0.3 is 0 Å². The van der Waals surface area contributed by atoms with Gasteiger partial charge in [0.25, 0.3) is 5.91 Å². The Morgan fingerprint density at radius 3 is 2.95 bits per heavy atom. The summed E-state index contributed by atoms with van der Waals surface area (Å²) < 4.78 is 5.48. The van der Waals surface area contributed by atoms with E-state index in [0.717, 1.165) is 12.1 Å². The molecule has 1 unspecified atom stereocenters. The zero-order valence-corrected chi connectivity index (χ0v) is 12.2. The largest absolute Gasteiger partial charge is 0.477 e. The van der Waals surface area contributed by atoms with Gasteiger partial charge in [-0.3, -0.25) is 4.79 Å². The van der Waals surface area contributed by atoms with E-state index in [1.54, 1.807) is 18.3 Å². The highest BCUT2D eigenvalue weighted by atomic mass is 16.5. The molecular formula is C17H18N2O2. The van der Waals surface area contributed by atoms with Crippen molar-refractivity contribution in [3.8, 4) is 5.88 Å². The van der Waals surface area contributed by atoms with Gasteiger partial charge in [0, 0.05) is 17.9 Å². The third kappa shape index (κ3) is 2.37. The molecule has 0 N–H and O–H groups in total. The van der Waals surface area contributed by atoms with Crippen LogP contribution >= 0.6 is 0 Å². The van der Waals surface area contributed by atoms with Crippen LogP contribution in [0.25, 0.3) is 0 Å². The number of amides is 1. The molecule has 0 spiro atoms. The SMILES string of the molecule is CCOc1ncccc1C(=O)N1c2ccccc2CC1C. The van der Waals surface area contributed by atoms with Gasteiger partial charge < -0.3 is 9.64 Å². The molecule has 1 aliphatic heterocycles. The second-order valence-electron chi connectivity index (χ2n) is 5.15. The summed E-state index contributed by atoms with van der Waals surface area (Å²) in [5.41, 5.74) is 2.71. The number of hydrogen-bond donors (Lipinski definition) is 0. The Bertz CT molecular complexity index is 669. The van der Waals surface area contributed by atoms with Crippen LogP contribution in [0.3, 0.4) is 0 Å². The fraction of sp³-hybridized carbons (Fsp3) is 0.294. The summed E-state index contributed by atoms with van der Waals surface area (Å²) in [7, 11) is 0. The third-order valence-corrected chi connectivity index (χ3v) is 3.71. The molecule has 0 saturated heterocycles. The van der Waals surface area contributed by atoms with E-state index in [4.69, 9.17) is 4.74 Å². The zero-order chi connectivity index (χ0) is 14.8. The Morgan fingerprint density at radius 1 is 1.33 bits per heavy atom. The van der Waals surface area contributed by atoms with Crippen LogP contribution in [0.1, 0.15) is 29.8 Å². The molecular weight excluding hydrogens is 264 g/mol. The van der Waals surface area contributed by atoms with E-state index in [-0.39, 0.29) is 11.9 Å². The first-order valence-electron chi connectivity index (χ1n) is 7.21. The summed E-state index contributed by atoms with van der Waals surface area (Å²) in [5.74, 6) is 0.352. The van der Waals surface area contributed by atoms with Crippen molar-refractivity contribution in [2.75, 3.05) is 11.5 Å². The van der Waals surface area contributed by atoms with Gasteiger partial charge in [0.2, 0.25) is 5.88 Å². The van der Waals surface area contributed by atoms with E-state index >= 15 is 0 Å². The molecule has 108 valence electrons. The molecule has 2 heterocycles. The Hall–Kier alpha value is -2.36. The molecule has 3 rings (SSSR count). The van der Waals surface area contributed by atoms with E-state index < -0.39 is 0 Å². The Labute approximate surface area is 124 Å². The fourth-order valence-corrected chi connectivity index (χ4v) is 2.81. The van der Waals surface area contributed by atoms with E-state index in [2.05, 4.69) is 18.0 Å². The van der Waals surface area contributed by atoms with Crippen molar-refractivity contribution >= 4 is 11.6 Å². The minimum absolute atomic E-state index is 0.0519. The molecule has 1 aromatic heterocycles. The van der Waals surface area contributed by atoms with Crippen molar-refractivity contribution in [2.45, 2.75) is 26.3 Å². The van der Waals surface area contributed by atoms with E-state index in [9.17, 15) is 4.79 Å². The summed E-state index contributed by atoms with van der Waals surface area (Å²) >= 11 is 0. The number of hydrogen-bond acceptors (Lipinski definition) is 3. The molecule has 1 aromatic carbocycles. The van der Waals surface area contributed by atoms with Crippen molar-refractivity contribution in [3.63, 3.8) is 0 Å². The van der Waals surface area contributed by atoms with E-state index in [1.807, 2.05) is 30.0 Å². The maximum absolute atomic E-state index is 12.9. The number of fused-ring (bicyclic) bond motifs is 1. The van der Waals surface area contributed by atoms with Crippen molar-refractivity contribution in [2.24, 2.45) is 0 Å². The highest BCUT2D eigenvalue weighted by Gasteiger charge is 2.32. The van der Waals surface area contributed by atoms with Gasteiger partial charge in [-0.2, -0.15) is 0 Å². The summed E-state index contributed by atoms with van der Waals surface area (Å²) in [6, 6.07) is 11.7. The van der Waals surface area contributed by atoms with Gasteiger partial charge in [0.05, 0.1) is 6.61 Å². The standard InChI is InChI=1S/C17H18N2O2/c1-3-21-16-14(8-6-10-18-16)17(20)19-12(2)11-13-7-4-5-9-15(13)19/h4-10,12H,3,11H2,1-2H3. The molecule has 1 amide bonds. The minimum Gasteiger partial charge on any atom is -0.477 e. The van der Waals surface area contributed by atoms with Crippen LogP contribution in [0.15, 0.2) is 42.6 Å². The molecule has 0 radical (unpaired) electrons. The Balaban J connectivity index is 2.00.